The molecule has 2 rings (SSSR count). The van der Waals surface area contributed by atoms with Crippen LogP contribution in [-0.4, -0.2) is 15.0 Å². The number of hydrogen-bond donors (Lipinski definition) is 2. The molecule has 0 amide bonds. The van der Waals surface area contributed by atoms with E-state index < -0.39 is 10.0 Å². The topological polar surface area (TPSA) is 72.2 Å². The molecular formula is C14H22N2O2S. The largest absolute Gasteiger partial charge is 0.399 e. The maximum absolute atomic E-state index is 12.0. The molecule has 0 radical (unpaired) electrons. The summed E-state index contributed by atoms with van der Waals surface area (Å²) in [5.41, 5.74) is 6.12. The Morgan fingerprint density at radius 1 is 1.11 bits per heavy atom. The predicted octanol–water partition coefficient (Wildman–Crippen LogP) is 2.52. The van der Waals surface area contributed by atoms with Gasteiger partial charge in [0.25, 0.3) is 0 Å². The first-order chi connectivity index (χ1) is 9.08. The van der Waals surface area contributed by atoms with E-state index in [9.17, 15) is 8.42 Å². The molecule has 0 aromatic heterocycles. The highest BCUT2D eigenvalue weighted by Gasteiger charge is 2.16. The second-order valence-electron chi connectivity index (χ2n) is 5.26. The number of hydrogen-bond acceptors (Lipinski definition) is 3. The summed E-state index contributed by atoms with van der Waals surface area (Å²) in [5.74, 6) is 0.683. The first-order valence-electron chi connectivity index (χ1n) is 6.93. The molecule has 1 aromatic rings. The van der Waals surface area contributed by atoms with E-state index in [1.807, 2.05) is 0 Å². The van der Waals surface area contributed by atoms with Crippen LogP contribution in [0.2, 0.25) is 0 Å². The fourth-order valence-electron chi connectivity index (χ4n) is 2.60. The predicted molar refractivity (Wildman–Crippen MR) is 77.2 cm³/mol. The lowest BCUT2D eigenvalue weighted by Crippen LogP contribution is -2.26. The zero-order chi connectivity index (χ0) is 13.7. The molecule has 19 heavy (non-hydrogen) atoms. The molecule has 0 aliphatic heterocycles. The SMILES string of the molecule is Nc1ccc(S(=O)(=O)NCCC2CCCCC2)cc1. The number of rotatable bonds is 5. The fraction of sp³-hybridized carbons (Fsp3) is 0.571. The molecule has 1 aliphatic carbocycles. The van der Waals surface area contributed by atoms with Crippen LogP contribution in [0.3, 0.4) is 0 Å². The van der Waals surface area contributed by atoms with Crippen LogP contribution in [0.1, 0.15) is 38.5 Å². The van der Waals surface area contributed by atoms with Crippen LogP contribution in [0.15, 0.2) is 29.2 Å². The zero-order valence-electron chi connectivity index (χ0n) is 11.1. The van der Waals surface area contributed by atoms with Crippen molar-refractivity contribution < 1.29 is 8.42 Å². The van der Waals surface area contributed by atoms with Crippen molar-refractivity contribution in [2.45, 2.75) is 43.4 Å². The molecule has 106 valence electrons. The van der Waals surface area contributed by atoms with Gasteiger partial charge in [0.05, 0.1) is 4.90 Å². The molecule has 0 saturated heterocycles. The third-order valence-electron chi connectivity index (χ3n) is 3.76. The van der Waals surface area contributed by atoms with Crippen molar-refractivity contribution in [3.8, 4) is 0 Å². The number of nitrogens with two attached hydrogens (primary N) is 1. The summed E-state index contributed by atoms with van der Waals surface area (Å²) in [7, 11) is -3.38. The molecule has 1 aromatic carbocycles. The quantitative estimate of drug-likeness (QED) is 0.815. The van der Waals surface area contributed by atoms with E-state index in [1.54, 1.807) is 12.1 Å². The Kier molecular flexibility index (Phi) is 4.82. The van der Waals surface area contributed by atoms with E-state index >= 15 is 0 Å². The lowest BCUT2D eigenvalue weighted by molar-refractivity contribution is 0.339. The Balaban J connectivity index is 1.85. The Hall–Kier alpha value is -1.07. The molecule has 1 fully saturated rings. The maximum atomic E-state index is 12.0. The van der Waals surface area contributed by atoms with Gasteiger partial charge in [-0.15, -0.1) is 0 Å². The fourth-order valence-corrected chi connectivity index (χ4v) is 3.65. The Labute approximate surface area is 115 Å². The van der Waals surface area contributed by atoms with Crippen LogP contribution in [0.4, 0.5) is 5.69 Å². The lowest BCUT2D eigenvalue weighted by atomic mass is 9.87. The maximum Gasteiger partial charge on any atom is 0.240 e. The number of benzene rings is 1. The van der Waals surface area contributed by atoms with Crippen molar-refractivity contribution in [1.82, 2.24) is 4.72 Å². The third kappa shape index (κ3) is 4.21. The van der Waals surface area contributed by atoms with Gasteiger partial charge < -0.3 is 5.73 Å². The second-order valence-corrected chi connectivity index (χ2v) is 7.03. The first kappa shape index (κ1) is 14.3. The minimum absolute atomic E-state index is 0.283. The minimum atomic E-state index is -3.38. The molecule has 3 N–H and O–H groups in total. The normalized spacial score (nSPS) is 17.5. The van der Waals surface area contributed by atoms with E-state index in [0.29, 0.717) is 18.2 Å². The van der Waals surface area contributed by atoms with E-state index in [1.165, 1.54) is 44.2 Å². The smallest absolute Gasteiger partial charge is 0.240 e. The van der Waals surface area contributed by atoms with Gasteiger partial charge in [-0.2, -0.15) is 0 Å². The average Bonchev–Trinajstić information content (AvgIpc) is 2.40. The summed E-state index contributed by atoms with van der Waals surface area (Å²) < 4.78 is 26.7. The summed E-state index contributed by atoms with van der Waals surface area (Å²) in [6.45, 7) is 0.525. The molecular weight excluding hydrogens is 260 g/mol. The van der Waals surface area contributed by atoms with E-state index in [2.05, 4.69) is 4.72 Å². The van der Waals surface area contributed by atoms with Crippen LogP contribution in [0.5, 0.6) is 0 Å². The van der Waals surface area contributed by atoms with E-state index in [0.717, 1.165) is 6.42 Å². The Bertz CT molecular complexity index is 491. The number of sulfonamides is 1. The molecule has 4 nitrogen and oxygen atoms in total. The summed E-state index contributed by atoms with van der Waals surface area (Å²) in [4.78, 5) is 0.283. The zero-order valence-corrected chi connectivity index (χ0v) is 12.0. The van der Waals surface area contributed by atoms with Gasteiger partial charge in [0.2, 0.25) is 10.0 Å². The highest BCUT2D eigenvalue weighted by Crippen LogP contribution is 2.25. The number of nitrogen functional groups attached to an aromatic ring is 1. The van der Waals surface area contributed by atoms with Gasteiger partial charge >= 0.3 is 0 Å². The van der Waals surface area contributed by atoms with Crippen molar-refractivity contribution >= 4 is 15.7 Å². The second kappa shape index (κ2) is 6.39. The van der Waals surface area contributed by atoms with Crippen molar-refractivity contribution in [2.24, 2.45) is 5.92 Å². The number of anilines is 1. The lowest BCUT2D eigenvalue weighted by Gasteiger charge is -2.21. The average molecular weight is 282 g/mol. The molecule has 0 heterocycles. The molecule has 0 spiro atoms. The summed E-state index contributed by atoms with van der Waals surface area (Å²) in [6, 6.07) is 6.29. The standard InChI is InChI=1S/C14H22N2O2S/c15-13-6-8-14(9-7-13)19(17,18)16-11-10-12-4-2-1-3-5-12/h6-9,12,16H,1-5,10-11,15H2. The van der Waals surface area contributed by atoms with Gasteiger partial charge in [-0.1, -0.05) is 32.1 Å². The Morgan fingerprint density at radius 3 is 2.37 bits per heavy atom. The highest BCUT2D eigenvalue weighted by molar-refractivity contribution is 7.89. The monoisotopic (exact) mass is 282 g/mol. The molecule has 5 heteroatoms. The molecule has 0 bridgehead atoms. The van der Waals surface area contributed by atoms with Gasteiger partial charge in [-0.25, -0.2) is 13.1 Å². The van der Waals surface area contributed by atoms with E-state index in [-0.39, 0.29) is 4.90 Å². The van der Waals surface area contributed by atoms with E-state index in [4.69, 9.17) is 5.73 Å². The first-order valence-corrected chi connectivity index (χ1v) is 8.41. The molecule has 1 aliphatic rings. The van der Waals surface area contributed by atoms with Crippen molar-refractivity contribution in [2.75, 3.05) is 12.3 Å². The van der Waals surface area contributed by atoms with Gasteiger partial charge in [0.1, 0.15) is 0 Å². The molecule has 1 saturated carbocycles. The molecule has 0 unspecified atom stereocenters. The van der Waals surface area contributed by atoms with Gasteiger partial charge in [0, 0.05) is 12.2 Å². The van der Waals surface area contributed by atoms with Crippen LogP contribution in [0, 0.1) is 5.92 Å². The highest BCUT2D eigenvalue weighted by atomic mass is 32.2. The van der Waals surface area contributed by atoms with Crippen LogP contribution in [-0.2, 0) is 10.0 Å². The van der Waals surface area contributed by atoms with Crippen molar-refractivity contribution in [3.05, 3.63) is 24.3 Å². The minimum Gasteiger partial charge on any atom is -0.399 e. The van der Waals surface area contributed by atoms with Crippen LogP contribution >= 0.6 is 0 Å². The van der Waals surface area contributed by atoms with Crippen molar-refractivity contribution in [1.29, 1.82) is 0 Å². The summed E-state index contributed by atoms with van der Waals surface area (Å²) in [5, 5.41) is 0. The van der Waals surface area contributed by atoms with Crippen LogP contribution < -0.4 is 10.5 Å². The Morgan fingerprint density at radius 2 is 1.74 bits per heavy atom. The number of nitrogens with one attached hydrogen (secondary N) is 1. The third-order valence-corrected chi connectivity index (χ3v) is 5.24. The molecule has 0 atom stereocenters. The van der Waals surface area contributed by atoms with Gasteiger partial charge in [-0.3, -0.25) is 0 Å². The summed E-state index contributed by atoms with van der Waals surface area (Å²) >= 11 is 0. The van der Waals surface area contributed by atoms with Crippen LogP contribution in [0.25, 0.3) is 0 Å². The van der Waals surface area contributed by atoms with Gasteiger partial charge in [0.15, 0.2) is 0 Å². The van der Waals surface area contributed by atoms with Gasteiger partial charge in [-0.05, 0) is 36.6 Å². The van der Waals surface area contributed by atoms with Crippen molar-refractivity contribution in [3.63, 3.8) is 0 Å². The summed E-state index contributed by atoms with van der Waals surface area (Å²) in [6.07, 6.45) is 7.32.